The standard InChI is InChI=1S/C21H23FN6O3/c1-26-10-13(8-25-26)17-14(22)7-15-18(20(17)30)19(23)16(9-24-15)27(2)21(31)12-3-5-28(11-29)6-4-12/h7-12,30H,3-6H2,1-2H3,(H2,23,24). The molecule has 31 heavy (non-hydrogen) atoms. The maximum atomic E-state index is 14.7. The largest absolute Gasteiger partial charge is 0.506 e. The van der Waals surface area contributed by atoms with Crippen LogP contribution in [0.1, 0.15) is 12.8 Å². The van der Waals surface area contributed by atoms with E-state index in [1.165, 1.54) is 28.0 Å². The number of nitrogen functional groups attached to an aromatic ring is 1. The van der Waals surface area contributed by atoms with Gasteiger partial charge in [0.1, 0.15) is 11.6 Å². The molecular formula is C21H23FN6O3. The molecule has 0 spiro atoms. The van der Waals surface area contributed by atoms with Crippen molar-refractivity contribution in [3.05, 3.63) is 30.5 Å². The Morgan fingerprint density at radius 3 is 2.68 bits per heavy atom. The molecule has 2 aromatic heterocycles. The molecule has 2 amide bonds. The normalized spacial score (nSPS) is 14.7. The number of piperidine rings is 1. The fourth-order valence-electron chi connectivity index (χ4n) is 4.06. The molecule has 3 N–H and O–H groups in total. The van der Waals surface area contributed by atoms with E-state index < -0.39 is 5.82 Å². The number of fused-ring (bicyclic) bond motifs is 1. The van der Waals surface area contributed by atoms with Crippen LogP contribution in [0, 0.1) is 11.7 Å². The van der Waals surface area contributed by atoms with Crippen LogP contribution in [0.4, 0.5) is 15.8 Å². The van der Waals surface area contributed by atoms with Crippen LogP contribution in [-0.2, 0) is 16.6 Å². The monoisotopic (exact) mass is 426 g/mol. The number of hydrogen-bond acceptors (Lipinski definition) is 6. The van der Waals surface area contributed by atoms with Gasteiger partial charge >= 0.3 is 0 Å². The van der Waals surface area contributed by atoms with Crippen molar-refractivity contribution < 1.29 is 19.1 Å². The molecule has 1 aliphatic heterocycles. The molecule has 162 valence electrons. The number of aromatic hydroxyl groups is 1. The van der Waals surface area contributed by atoms with Crippen molar-refractivity contribution in [2.45, 2.75) is 12.8 Å². The van der Waals surface area contributed by atoms with Crippen LogP contribution in [0.3, 0.4) is 0 Å². The van der Waals surface area contributed by atoms with Gasteiger partial charge in [0.05, 0.1) is 40.2 Å². The van der Waals surface area contributed by atoms with Gasteiger partial charge in [0.2, 0.25) is 12.3 Å². The zero-order valence-corrected chi connectivity index (χ0v) is 17.2. The average molecular weight is 426 g/mol. The molecule has 4 rings (SSSR count). The second-order valence-electron chi connectivity index (χ2n) is 7.75. The summed E-state index contributed by atoms with van der Waals surface area (Å²) >= 11 is 0. The van der Waals surface area contributed by atoms with Crippen LogP contribution in [0.25, 0.3) is 22.0 Å². The van der Waals surface area contributed by atoms with Gasteiger partial charge in [-0.25, -0.2) is 4.39 Å². The number of hydrogen-bond donors (Lipinski definition) is 2. The number of nitrogens with zero attached hydrogens (tertiary/aromatic N) is 5. The van der Waals surface area contributed by atoms with Gasteiger partial charge in [0.25, 0.3) is 0 Å². The van der Waals surface area contributed by atoms with E-state index in [0.717, 1.165) is 6.41 Å². The Morgan fingerprint density at radius 1 is 1.35 bits per heavy atom. The number of pyridine rings is 1. The molecule has 10 heteroatoms. The molecule has 1 fully saturated rings. The Hall–Kier alpha value is -3.69. The number of anilines is 2. The third kappa shape index (κ3) is 3.54. The minimum absolute atomic E-state index is 0.0264. The summed E-state index contributed by atoms with van der Waals surface area (Å²) in [6.45, 7) is 1.04. The number of carbonyl (C=O) groups is 2. The first-order valence-corrected chi connectivity index (χ1v) is 9.87. The van der Waals surface area contributed by atoms with Gasteiger partial charge < -0.3 is 20.6 Å². The van der Waals surface area contributed by atoms with Gasteiger partial charge in [-0.3, -0.25) is 19.3 Å². The molecule has 0 saturated carbocycles. The number of amides is 2. The van der Waals surface area contributed by atoms with Crippen LogP contribution in [0.5, 0.6) is 5.75 Å². The third-order valence-electron chi connectivity index (χ3n) is 5.82. The number of aryl methyl sites for hydroxylation is 1. The van der Waals surface area contributed by atoms with Crippen LogP contribution >= 0.6 is 0 Å². The number of likely N-dealkylation sites (tertiary alicyclic amines) is 1. The number of phenols is 1. The van der Waals surface area contributed by atoms with E-state index in [4.69, 9.17) is 5.73 Å². The predicted molar refractivity (Wildman–Crippen MR) is 114 cm³/mol. The lowest BCUT2D eigenvalue weighted by molar-refractivity contribution is -0.126. The zero-order chi connectivity index (χ0) is 22.3. The predicted octanol–water partition coefficient (Wildman–Crippen LogP) is 1.89. The van der Waals surface area contributed by atoms with Crippen molar-refractivity contribution in [3.63, 3.8) is 0 Å². The quantitative estimate of drug-likeness (QED) is 0.615. The van der Waals surface area contributed by atoms with E-state index >= 15 is 0 Å². The second-order valence-corrected chi connectivity index (χ2v) is 7.75. The van der Waals surface area contributed by atoms with E-state index in [1.54, 1.807) is 25.2 Å². The Kier molecular flexibility index (Phi) is 5.22. The molecule has 1 aromatic carbocycles. The lowest BCUT2D eigenvalue weighted by Gasteiger charge is -2.31. The Bertz CT molecular complexity index is 1170. The number of nitrogens with two attached hydrogens (primary N) is 1. The summed E-state index contributed by atoms with van der Waals surface area (Å²) in [5.41, 5.74) is 7.36. The summed E-state index contributed by atoms with van der Waals surface area (Å²) in [7, 11) is 3.28. The van der Waals surface area contributed by atoms with Crippen molar-refractivity contribution >= 4 is 34.6 Å². The van der Waals surface area contributed by atoms with Crippen LogP contribution in [-0.4, -0.2) is 57.2 Å². The van der Waals surface area contributed by atoms with E-state index in [2.05, 4.69) is 10.1 Å². The molecule has 0 atom stereocenters. The SMILES string of the molecule is CN(C(=O)C1CCN(C=O)CC1)c1cnc2cc(F)c(-c3cnn(C)c3)c(O)c2c1N. The number of benzene rings is 1. The molecular weight excluding hydrogens is 403 g/mol. The molecule has 1 aliphatic rings. The highest BCUT2D eigenvalue weighted by Crippen LogP contribution is 2.42. The first-order valence-electron chi connectivity index (χ1n) is 9.87. The van der Waals surface area contributed by atoms with Gasteiger partial charge in [-0.1, -0.05) is 0 Å². The van der Waals surface area contributed by atoms with Gasteiger partial charge in [-0.2, -0.15) is 5.10 Å². The average Bonchev–Trinajstić information content (AvgIpc) is 3.18. The van der Waals surface area contributed by atoms with Crippen molar-refractivity contribution in [1.82, 2.24) is 19.7 Å². The maximum absolute atomic E-state index is 14.7. The van der Waals surface area contributed by atoms with E-state index in [0.29, 0.717) is 37.2 Å². The van der Waals surface area contributed by atoms with Crippen LogP contribution in [0.15, 0.2) is 24.7 Å². The molecule has 3 heterocycles. The Labute approximate surface area is 177 Å². The second kappa shape index (κ2) is 7.86. The summed E-state index contributed by atoms with van der Waals surface area (Å²) in [5.74, 6) is -1.39. The fraction of sp³-hybridized carbons (Fsp3) is 0.333. The van der Waals surface area contributed by atoms with Gasteiger partial charge in [0.15, 0.2) is 0 Å². The molecule has 9 nitrogen and oxygen atoms in total. The number of aromatic nitrogens is 3. The first kappa shape index (κ1) is 20.6. The van der Waals surface area contributed by atoms with E-state index in [1.807, 2.05) is 0 Å². The fourth-order valence-corrected chi connectivity index (χ4v) is 4.06. The molecule has 0 aliphatic carbocycles. The highest BCUT2D eigenvalue weighted by atomic mass is 19.1. The van der Waals surface area contributed by atoms with Gasteiger partial charge in [-0.05, 0) is 12.8 Å². The molecule has 1 saturated heterocycles. The number of phenolic OH excluding ortho intramolecular Hbond substituents is 1. The minimum Gasteiger partial charge on any atom is -0.506 e. The summed E-state index contributed by atoms with van der Waals surface area (Å²) < 4.78 is 16.2. The van der Waals surface area contributed by atoms with Gasteiger partial charge in [-0.15, -0.1) is 0 Å². The molecule has 0 radical (unpaired) electrons. The van der Waals surface area contributed by atoms with Crippen molar-refractivity contribution in [1.29, 1.82) is 0 Å². The molecule has 0 unspecified atom stereocenters. The number of halogens is 1. The lowest BCUT2D eigenvalue weighted by atomic mass is 9.95. The van der Waals surface area contributed by atoms with E-state index in [9.17, 15) is 19.1 Å². The number of carbonyl (C=O) groups excluding carboxylic acids is 2. The van der Waals surface area contributed by atoms with Crippen molar-refractivity contribution in [2.24, 2.45) is 13.0 Å². The highest BCUT2D eigenvalue weighted by molar-refractivity contribution is 6.08. The Balaban J connectivity index is 1.73. The topological polar surface area (TPSA) is 118 Å². The van der Waals surface area contributed by atoms with Crippen LogP contribution < -0.4 is 10.6 Å². The molecule has 0 bridgehead atoms. The van der Waals surface area contributed by atoms with Crippen molar-refractivity contribution in [2.75, 3.05) is 30.8 Å². The highest BCUT2D eigenvalue weighted by Gasteiger charge is 2.29. The summed E-state index contributed by atoms with van der Waals surface area (Å²) in [6.07, 6.45) is 6.34. The zero-order valence-electron chi connectivity index (χ0n) is 17.2. The molecule has 3 aromatic rings. The van der Waals surface area contributed by atoms with E-state index in [-0.39, 0.29) is 39.7 Å². The summed E-state index contributed by atoms with van der Waals surface area (Å²) in [4.78, 5) is 31.2. The smallest absolute Gasteiger partial charge is 0.230 e. The van der Waals surface area contributed by atoms with Crippen molar-refractivity contribution in [3.8, 4) is 16.9 Å². The maximum Gasteiger partial charge on any atom is 0.230 e. The summed E-state index contributed by atoms with van der Waals surface area (Å²) in [6, 6.07) is 1.20. The third-order valence-corrected chi connectivity index (χ3v) is 5.82. The first-order chi connectivity index (χ1) is 14.8. The van der Waals surface area contributed by atoms with Gasteiger partial charge in [0, 0.05) is 50.9 Å². The minimum atomic E-state index is -0.649. The number of rotatable bonds is 4. The lowest BCUT2D eigenvalue weighted by Crippen LogP contribution is -2.41. The summed E-state index contributed by atoms with van der Waals surface area (Å²) in [5, 5.41) is 15.1. The Morgan fingerprint density at radius 2 is 2.06 bits per heavy atom. The van der Waals surface area contributed by atoms with Crippen LogP contribution in [0.2, 0.25) is 0 Å².